The predicted octanol–water partition coefficient (Wildman–Crippen LogP) is 4.61. The zero-order valence-corrected chi connectivity index (χ0v) is 16.6. The fraction of sp³-hybridized carbons (Fsp3) is 0.273. The first-order valence-corrected chi connectivity index (χ1v) is 9.20. The highest BCUT2D eigenvalue weighted by Gasteiger charge is 2.18. The maximum absolute atomic E-state index is 12.1. The monoisotopic (exact) mass is 379 g/mol. The lowest BCUT2D eigenvalue weighted by Crippen LogP contribution is -2.14. The number of amides is 1. The summed E-state index contributed by atoms with van der Waals surface area (Å²) in [5.74, 6) is 0.938. The number of primary amides is 1. The Bertz CT molecular complexity index is 1020. The van der Waals surface area contributed by atoms with Crippen LogP contribution in [0.4, 0.5) is 11.4 Å². The lowest BCUT2D eigenvalue weighted by Gasteiger charge is -2.19. The van der Waals surface area contributed by atoms with E-state index >= 15 is 0 Å². The molecular formula is C22H25N3O3. The molecule has 0 spiro atoms. The molecule has 6 heteroatoms. The van der Waals surface area contributed by atoms with Crippen LogP contribution < -0.4 is 20.5 Å². The molecule has 0 aliphatic rings. The van der Waals surface area contributed by atoms with Gasteiger partial charge in [-0.2, -0.15) is 0 Å². The summed E-state index contributed by atoms with van der Waals surface area (Å²) in [6.45, 7) is 4.32. The van der Waals surface area contributed by atoms with E-state index in [-0.39, 0.29) is 0 Å². The van der Waals surface area contributed by atoms with Gasteiger partial charge in [0.1, 0.15) is 0 Å². The van der Waals surface area contributed by atoms with E-state index < -0.39 is 5.91 Å². The highest BCUT2D eigenvalue weighted by atomic mass is 16.5. The van der Waals surface area contributed by atoms with Crippen molar-refractivity contribution in [2.75, 3.05) is 19.5 Å². The van der Waals surface area contributed by atoms with Crippen molar-refractivity contribution in [1.82, 2.24) is 4.98 Å². The Morgan fingerprint density at radius 1 is 1.18 bits per heavy atom. The molecule has 0 aliphatic heterocycles. The van der Waals surface area contributed by atoms with Gasteiger partial charge in [-0.3, -0.25) is 9.78 Å². The van der Waals surface area contributed by atoms with Crippen LogP contribution in [0.5, 0.6) is 11.5 Å². The number of nitrogens with zero attached hydrogens (tertiary/aromatic N) is 1. The van der Waals surface area contributed by atoms with E-state index in [0.29, 0.717) is 34.2 Å². The molecule has 0 saturated heterocycles. The van der Waals surface area contributed by atoms with Crippen molar-refractivity contribution >= 4 is 28.2 Å². The first-order valence-electron chi connectivity index (χ1n) is 9.20. The second-order valence-corrected chi connectivity index (χ2v) is 6.66. The SMILES string of the molecule is CCC(C)c1ccccc1Nc1c(C(N)=O)cnc2cc(OC)c(OC)cc12. The summed E-state index contributed by atoms with van der Waals surface area (Å²) < 4.78 is 10.8. The van der Waals surface area contributed by atoms with Crippen LogP contribution in [-0.2, 0) is 0 Å². The Morgan fingerprint density at radius 2 is 1.86 bits per heavy atom. The van der Waals surface area contributed by atoms with Crippen LogP contribution in [0.1, 0.15) is 42.1 Å². The van der Waals surface area contributed by atoms with Gasteiger partial charge in [-0.05, 0) is 30.0 Å². The molecule has 2 aromatic carbocycles. The zero-order valence-electron chi connectivity index (χ0n) is 16.6. The summed E-state index contributed by atoms with van der Waals surface area (Å²) in [7, 11) is 3.14. The number of benzene rings is 2. The molecule has 0 aliphatic carbocycles. The number of hydrogen-bond acceptors (Lipinski definition) is 5. The molecule has 0 saturated carbocycles. The van der Waals surface area contributed by atoms with Gasteiger partial charge in [-0.1, -0.05) is 32.0 Å². The van der Waals surface area contributed by atoms with E-state index in [1.54, 1.807) is 20.3 Å². The molecule has 0 radical (unpaired) electrons. The number of ether oxygens (including phenoxy) is 2. The lowest BCUT2D eigenvalue weighted by atomic mass is 9.96. The summed E-state index contributed by atoms with van der Waals surface area (Å²) in [4.78, 5) is 16.5. The minimum absolute atomic E-state index is 0.318. The second kappa shape index (κ2) is 8.17. The van der Waals surface area contributed by atoms with Gasteiger partial charge in [0.2, 0.25) is 0 Å². The van der Waals surface area contributed by atoms with Crippen molar-refractivity contribution in [1.29, 1.82) is 0 Å². The molecule has 1 amide bonds. The number of nitrogens with two attached hydrogens (primary N) is 1. The number of methoxy groups -OCH3 is 2. The predicted molar refractivity (Wildman–Crippen MR) is 112 cm³/mol. The van der Waals surface area contributed by atoms with Gasteiger partial charge in [0.25, 0.3) is 5.91 Å². The number of fused-ring (bicyclic) bond motifs is 1. The summed E-state index contributed by atoms with van der Waals surface area (Å²) in [5, 5.41) is 4.16. The van der Waals surface area contributed by atoms with Gasteiger partial charge in [-0.15, -0.1) is 0 Å². The molecule has 1 heterocycles. The Hall–Kier alpha value is -3.28. The summed E-state index contributed by atoms with van der Waals surface area (Å²) in [5.41, 5.74) is 9.34. The lowest BCUT2D eigenvalue weighted by molar-refractivity contribution is 0.100. The van der Waals surface area contributed by atoms with Gasteiger partial charge >= 0.3 is 0 Å². The summed E-state index contributed by atoms with van der Waals surface area (Å²) in [6, 6.07) is 11.7. The van der Waals surface area contributed by atoms with Gasteiger partial charge in [0.15, 0.2) is 11.5 Å². The fourth-order valence-corrected chi connectivity index (χ4v) is 3.24. The number of anilines is 2. The van der Waals surface area contributed by atoms with Crippen molar-refractivity contribution in [3.8, 4) is 11.5 Å². The topological polar surface area (TPSA) is 86.5 Å². The molecule has 1 atom stereocenters. The van der Waals surface area contributed by atoms with E-state index in [0.717, 1.165) is 17.5 Å². The first-order chi connectivity index (χ1) is 13.5. The normalized spacial score (nSPS) is 11.9. The highest BCUT2D eigenvalue weighted by Crippen LogP contribution is 2.38. The van der Waals surface area contributed by atoms with Gasteiger partial charge in [0, 0.05) is 23.3 Å². The smallest absolute Gasteiger partial charge is 0.252 e. The van der Waals surface area contributed by atoms with E-state index in [2.05, 4.69) is 30.2 Å². The third-order valence-electron chi connectivity index (χ3n) is 5.00. The van der Waals surface area contributed by atoms with Gasteiger partial charge in [-0.25, -0.2) is 0 Å². The largest absolute Gasteiger partial charge is 0.493 e. The number of aromatic nitrogens is 1. The standard InChI is InChI=1S/C22H25N3O3/c1-5-13(2)14-8-6-7-9-17(14)25-21-15-10-19(27-3)20(28-4)11-18(15)24-12-16(21)22(23)26/h6-13H,5H2,1-4H3,(H2,23,26)(H,24,25). The van der Waals surface area contributed by atoms with Gasteiger partial charge < -0.3 is 20.5 Å². The zero-order chi connectivity index (χ0) is 20.3. The van der Waals surface area contributed by atoms with Crippen molar-refractivity contribution in [3.63, 3.8) is 0 Å². The van der Waals surface area contributed by atoms with Crippen molar-refractivity contribution in [2.45, 2.75) is 26.2 Å². The van der Waals surface area contributed by atoms with Crippen LogP contribution >= 0.6 is 0 Å². The van der Waals surface area contributed by atoms with Crippen LogP contribution in [0, 0.1) is 0 Å². The Morgan fingerprint density at radius 3 is 2.50 bits per heavy atom. The van der Waals surface area contributed by atoms with E-state index in [1.807, 2.05) is 24.3 Å². The Kier molecular flexibility index (Phi) is 5.68. The molecular weight excluding hydrogens is 354 g/mol. The number of rotatable bonds is 7. The molecule has 0 bridgehead atoms. The third kappa shape index (κ3) is 3.58. The van der Waals surface area contributed by atoms with Crippen LogP contribution in [0.25, 0.3) is 10.9 Å². The molecule has 28 heavy (non-hydrogen) atoms. The van der Waals surface area contributed by atoms with E-state index in [4.69, 9.17) is 15.2 Å². The molecule has 3 aromatic rings. The summed E-state index contributed by atoms with van der Waals surface area (Å²) in [6.07, 6.45) is 2.49. The number of carbonyl (C=O) groups excluding carboxylic acids is 1. The average Bonchev–Trinajstić information content (AvgIpc) is 2.72. The number of carbonyl (C=O) groups is 1. The Labute approximate surface area is 164 Å². The van der Waals surface area contributed by atoms with Gasteiger partial charge in [0.05, 0.1) is 31.0 Å². The average molecular weight is 379 g/mol. The van der Waals surface area contributed by atoms with Crippen LogP contribution in [0.2, 0.25) is 0 Å². The molecule has 3 N–H and O–H groups in total. The fourth-order valence-electron chi connectivity index (χ4n) is 3.24. The van der Waals surface area contributed by atoms with Crippen molar-refractivity contribution in [2.24, 2.45) is 5.73 Å². The van der Waals surface area contributed by atoms with Crippen molar-refractivity contribution in [3.05, 3.63) is 53.7 Å². The number of nitrogens with one attached hydrogen (secondary N) is 1. The van der Waals surface area contributed by atoms with Crippen LogP contribution in [-0.4, -0.2) is 25.1 Å². The maximum Gasteiger partial charge on any atom is 0.252 e. The summed E-state index contributed by atoms with van der Waals surface area (Å²) >= 11 is 0. The second-order valence-electron chi connectivity index (χ2n) is 6.66. The molecule has 6 nitrogen and oxygen atoms in total. The highest BCUT2D eigenvalue weighted by molar-refractivity contribution is 6.08. The minimum atomic E-state index is -0.548. The number of pyridine rings is 1. The van der Waals surface area contributed by atoms with E-state index in [9.17, 15) is 4.79 Å². The molecule has 146 valence electrons. The minimum Gasteiger partial charge on any atom is -0.493 e. The molecule has 0 fully saturated rings. The van der Waals surface area contributed by atoms with Crippen LogP contribution in [0.15, 0.2) is 42.6 Å². The molecule has 3 rings (SSSR count). The van der Waals surface area contributed by atoms with Crippen molar-refractivity contribution < 1.29 is 14.3 Å². The van der Waals surface area contributed by atoms with E-state index in [1.165, 1.54) is 11.8 Å². The molecule has 1 unspecified atom stereocenters. The quantitative estimate of drug-likeness (QED) is 0.626. The first kappa shape index (κ1) is 19.5. The number of hydrogen-bond donors (Lipinski definition) is 2. The third-order valence-corrected chi connectivity index (χ3v) is 5.00. The molecule has 1 aromatic heterocycles. The van der Waals surface area contributed by atoms with Crippen LogP contribution in [0.3, 0.4) is 0 Å². The maximum atomic E-state index is 12.1. The Balaban J connectivity index is 2.24. The number of para-hydroxylation sites is 1.